The lowest BCUT2D eigenvalue weighted by Gasteiger charge is -2.26. The van der Waals surface area contributed by atoms with E-state index in [1.165, 1.54) is 0 Å². The monoisotopic (exact) mass is 300 g/mol. The molecule has 1 amide bonds. The van der Waals surface area contributed by atoms with E-state index in [-0.39, 0.29) is 12.0 Å². The number of aromatic nitrogens is 3. The van der Waals surface area contributed by atoms with E-state index in [1.54, 1.807) is 6.33 Å². The minimum Gasteiger partial charge on any atom is -0.368 e. The Kier molecular flexibility index (Phi) is 4.20. The van der Waals surface area contributed by atoms with Gasteiger partial charge in [-0.3, -0.25) is 9.36 Å². The fraction of sp³-hybridized carbons (Fsp3) is 0.438. The molecule has 0 unspecified atom stereocenters. The molecule has 0 saturated carbocycles. The lowest BCUT2D eigenvalue weighted by molar-refractivity contribution is -0.131. The summed E-state index contributed by atoms with van der Waals surface area (Å²) in [4.78, 5) is 12.4. The number of rotatable bonds is 3. The van der Waals surface area contributed by atoms with Crippen molar-refractivity contribution in [2.45, 2.75) is 32.8 Å². The lowest BCUT2D eigenvalue weighted by atomic mass is 9.97. The number of carbonyl (C=O) groups is 1. The number of nitrogens with one attached hydrogen (secondary N) is 1. The first-order chi connectivity index (χ1) is 10.6. The van der Waals surface area contributed by atoms with Crippen LogP contribution in [0.15, 0.2) is 30.6 Å². The van der Waals surface area contributed by atoms with Crippen LogP contribution < -0.4 is 5.32 Å². The van der Waals surface area contributed by atoms with Gasteiger partial charge in [-0.15, -0.1) is 10.2 Å². The summed E-state index contributed by atoms with van der Waals surface area (Å²) in [6, 6.07) is 7.61. The van der Waals surface area contributed by atoms with Crippen molar-refractivity contribution in [3.63, 3.8) is 0 Å². The Hall–Kier alpha value is -2.21. The van der Waals surface area contributed by atoms with Gasteiger partial charge in [0.1, 0.15) is 18.3 Å². The second-order valence-corrected chi connectivity index (χ2v) is 5.74. The van der Waals surface area contributed by atoms with Crippen LogP contribution in [0.25, 0.3) is 5.69 Å². The van der Waals surface area contributed by atoms with Gasteiger partial charge in [0.05, 0.1) is 11.4 Å². The molecule has 1 aliphatic rings. The van der Waals surface area contributed by atoms with E-state index in [2.05, 4.69) is 22.4 Å². The number of anilines is 1. The number of hydrogen-bond donors (Lipinski definition) is 1. The van der Waals surface area contributed by atoms with Gasteiger partial charge in [-0.25, -0.2) is 0 Å². The summed E-state index contributed by atoms with van der Waals surface area (Å²) in [6.07, 6.45) is 3.04. The van der Waals surface area contributed by atoms with Crippen LogP contribution in [0.5, 0.6) is 0 Å². The summed E-state index contributed by atoms with van der Waals surface area (Å²) in [5, 5.41) is 10.9. The number of aryl methyl sites for hydroxylation is 1. The van der Waals surface area contributed by atoms with Crippen LogP contribution in [0.3, 0.4) is 0 Å². The van der Waals surface area contributed by atoms with Crippen molar-refractivity contribution in [2.24, 2.45) is 5.92 Å². The van der Waals surface area contributed by atoms with Gasteiger partial charge >= 0.3 is 0 Å². The molecule has 2 heterocycles. The normalized spacial score (nSPS) is 21.5. The number of amides is 1. The van der Waals surface area contributed by atoms with Crippen molar-refractivity contribution in [1.82, 2.24) is 14.8 Å². The zero-order chi connectivity index (χ0) is 15.5. The molecule has 1 saturated heterocycles. The van der Waals surface area contributed by atoms with Crippen LogP contribution in [0.2, 0.25) is 0 Å². The van der Waals surface area contributed by atoms with Crippen molar-refractivity contribution >= 4 is 11.6 Å². The first-order valence-corrected chi connectivity index (χ1v) is 7.53. The van der Waals surface area contributed by atoms with Crippen LogP contribution in [0.4, 0.5) is 5.69 Å². The summed E-state index contributed by atoms with van der Waals surface area (Å²) in [5.41, 5.74) is 1.58. The van der Waals surface area contributed by atoms with Gasteiger partial charge in [-0.1, -0.05) is 19.1 Å². The van der Waals surface area contributed by atoms with Crippen LogP contribution in [0, 0.1) is 12.8 Å². The molecule has 0 radical (unpaired) electrons. The zero-order valence-electron chi connectivity index (χ0n) is 12.8. The Morgan fingerprint density at radius 1 is 1.41 bits per heavy atom. The van der Waals surface area contributed by atoms with E-state index in [0.29, 0.717) is 12.5 Å². The number of nitrogens with zero attached hydrogens (tertiary/aromatic N) is 3. The maximum absolute atomic E-state index is 12.4. The van der Waals surface area contributed by atoms with Gasteiger partial charge in [0.15, 0.2) is 0 Å². The summed E-state index contributed by atoms with van der Waals surface area (Å²) in [6.45, 7) is 4.67. The molecule has 1 fully saturated rings. The molecule has 0 bridgehead atoms. The van der Waals surface area contributed by atoms with Crippen molar-refractivity contribution in [1.29, 1.82) is 0 Å². The largest absolute Gasteiger partial charge is 0.368 e. The predicted octanol–water partition coefficient (Wildman–Crippen LogP) is 2.33. The van der Waals surface area contributed by atoms with Crippen LogP contribution in [0.1, 0.15) is 25.6 Å². The molecule has 6 heteroatoms. The highest BCUT2D eigenvalue weighted by Crippen LogP contribution is 2.24. The molecule has 3 rings (SSSR count). The average Bonchev–Trinajstić information content (AvgIpc) is 2.94. The number of ether oxygens (including phenoxy) is 1. The van der Waals surface area contributed by atoms with E-state index in [4.69, 9.17) is 4.74 Å². The van der Waals surface area contributed by atoms with Crippen LogP contribution in [-0.2, 0) is 9.53 Å². The molecular formula is C16H20N4O2. The zero-order valence-corrected chi connectivity index (χ0v) is 12.8. The Labute approximate surface area is 129 Å². The number of hydrogen-bond acceptors (Lipinski definition) is 4. The molecule has 6 nitrogen and oxygen atoms in total. The minimum atomic E-state index is -0.376. The van der Waals surface area contributed by atoms with Crippen molar-refractivity contribution < 1.29 is 9.53 Å². The summed E-state index contributed by atoms with van der Waals surface area (Å²) < 4.78 is 7.44. The van der Waals surface area contributed by atoms with Gasteiger partial charge in [-0.05, 0) is 37.8 Å². The Morgan fingerprint density at radius 2 is 2.23 bits per heavy atom. The van der Waals surface area contributed by atoms with Crippen LogP contribution in [-0.4, -0.2) is 33.4 Å². The average molecular weight is 300 g/mol. The van der Waals surface area contributed by atoms with E-state index < -0.39 is 0 Å². The summed E-state index contributed by atoms with van der Waals surface area (Å²) in [7, 11) is 0. The first-order valence-electron chi connectivity index (χ1n) is 7.53. The molecule has 22 heavy (non-hydrogen) atoms. The third-order valence-corrected chi connectivity index (χ3v) is 3.98. The first kappa shape index (κ1) is 14.7. The molecule has 2 aromatic rings. The third-order valence-electron chi connectivity index (χ3n) is 3.98. The second kappa shape index (κ2) is 6.27. The maximum Gasteiger partial charge on any atom is 0.253 e. The SMILES string of the molecule is Cc1nncn1-c1ccccc1NC(=O)[C@@H]1C[C@@H](C)CCO1. The summed E-state index contributed by atoms with van der Waals surface area (Å²) >= 11 is 0. The fourth-order valence-corrected chi connectivity index (χ4v) is 2.68. The van der Waals surface area contributed by atoms with E-state index in [0.717, 1.165) is 30.0 Å². The number of para-hydroxylation sites is 2. The maximum atomic E-state index is 12.4. The Bertz CT molecular complexity index is 668. The molecule has 1 aliphatic heterocycles. The molecular weight excluding hydrogens is 280 g/mol. The summed E-state index contributed by atoms with van der Waals surface area (Å²) in [5.74, 6) is 1.19. The van der Waals surface area contributed by atoms with E-state index in [1.807, 2.05) is 35.8 Å². The molecule has 1 aromatic heterocycles. The van der Waals surface area contributed by atoms with Gasteiger partial charge in [0.25, 0.3) is 5.91 Å². The van der Waals surface area contributed by atoms with Gasteiger partial charge < -0.3 is 10.1 Å². The highest BCUT2D eigenvalue weighted by molar-refractivity contribution is 5.96. The topological polar surface area (TPSA) is 69.0 Å². The molecule has 116 valence electrons. The van der Waals surface area contributed by atoms with Gasteiger partial charge in [0.2, 0.25) is 0 Å². The van der Waals surface area contributed by atoms with E-state index >= 15 is 0 Å². The number of benzene rings is 1. The Balaban J connectivity index is 1.81. The molecule has 0 spiro atoms. The highest BCUT2D eigenvalue weighted by Gasteiger charge is 2.26. The molecule has 0 aliphatic carbocycles. The minimum absolute atomic E-state index is 0.0928. The predicted molar refractivity (Wildman–Crippen MR) is 82.9 cm³/mol. The molecule has 1 N–H and O–H groups in total. The van der Waals surface area contributed by atoms with Crippen molar-refractivity contribution in [3.8, 4) is 5.69 Å². The standard InChI is InChI=1S/C16H20N4O2/c1-11-7-8-22-15(9-11)16(21)18-13-5-3-4-6-14(13)20-10-17-19-12(20)2/h3-6,10-11,15H,7-9H2,1-2H3,(H,18,21)/t11-,15-/m0/s1. The van der Waals surface area contributed by atoms with Gasteiger partial charge in [-0.2, -0.15) is 0 Å². The fourth-order valence-electron chi connectivity index (χ4n) is 2.68. The lowest BCUT2D eigenvalue weighted by Crippen LogP contribution is -2.36. The Morgan fingerprint density at radius 3 is 2.95 bits per heavy atom. The quantitative estimate of drug-likeness (QED) is 0.944. The van der Waals surface area contributed by atoms with Crippen LogP contribution >= 0.6 is 0 Å². The molecule has 2 atom stereocenters. The highest BCUT2D eigenvalue weighted by atomic mass is 16.5. The second-order valence-electron chi connectivity index (χ2n) is 5.74. The van der Waals surface area contributed by atoms with E-state index in [9.17, 15) is 4.79 Å². The third kappa shape index (κ3) is 3.01. The number of carbonyl (C=O) groups excluding carboxylic acids is 1. The molecule has 1 aromatic carbocycles. The van der Waals surface area contributed by atoms with Crippen molar-refractivity contribution in [2.75, 3.05) is 11.9 Å². The van der Waals surface area contributed by atoms with Gasteiger partial charge in [0, 0.05) is 6.61 Å². The smallest absolute Gasteiger partial charge is 0.253 e. The van der Waals surface area contributed by atoms with Crippen molar-refractivity contribution in [3.05, 3.63) is 36.4 Å².